The van der Waals surface area contributed by atoms with Crippen LogP contribution in [0.4, 0.5) is 4.39 Å². The number of nitriles is 1. The molecule has 0 aromatic heterocycles. The second kappa shape index (κ2) is 3.64. The van der Waals surface area contributed by atoms with Gasteiger partial charge in [-0.2, -0.15) is 5.26 Å². The molecule has 2 nitrogen and oxygen atoms in total. The molecule has 1 aromatic rings. The van der Waals surface area contributed by atoms with E-state index >= 15 is 0 Å². The minimum atomic E-state index is -0.271. The highest BCUT2D eigenvalue weighted by atomic mass is 19.1. The first kappa shape index (κ1) is 10.7. The smallest absolute Gasteiger partial charge is 0.127 e. The Bertz CT molecular complexity index is 521. The number of hydrogen-bond acceptors (Lipinski definition) is 2. The van der Waals surface area contributed by atoms with E-state index in [0.29, 0.717) is 23.3 Å². The molecule has 2 rings (SSSR count). The van der Waals surface area contributed by atoms with Crippen LogP contribution in [-0.2, 0) is 6.42 Å². The molecule has 0 unspecified atom stereocenters. The van der Waals surface area contributed by atoms with Gasteiger partial charge < -0.3 is 5.73 Å². The summed E-state index contributed by atoms with van der Waals surface area (Å²) in [4.78, 5) is 0. The van der Waals surface area contributed by atoms with Crippen LogP contribution in [-0.4, -0.2) is 0 Å². The number of benzene rings is 1. The third kappa shape index (κ3) is 1.38. The fraction of sp³-hybridized carbons (Fsp3) is 0.308. The molecule has 1 aromatic carbocycles. The van der Waals surface area contributed by atoms with E-state index < -0.39 is 0 Å². The lowest BCUT2D eigenvalue weighted by molar-refractivity contribution is 0.612. The summed E-state index contributed by atoms with van der Waals surface area (Å²) < 4.78 is 13.6. The zero-order valence-electron chi connectivity index (χ0n) is 9.34. The molecule has 0 bridgehead atoms. The average molecular weight is 216 g/mol. The van der Waals surface area contributed by atoms with Gasteiger partial charge in [0.05, 0.1) is 5.57 Å². The molecule has 2 N–H and O–H groups in total. The van der Waals surface area contributed by atoms with Gasteiger partial charge in [-0.3, -0.25) is 0 Å². The molecule has 16 heavy (non-hydrogen) atoms. The maximum atomic E-state index is 13.6. The third-order valence-electron chi connectivity index (χ3n) is 2.96. The summed E-state index contributed by atoms with van der Waals surface area (Å²) >= 11 is 0. The Hall–Kier alpha value is -1.82. The van der Waals surface area contributed by atoms with E-state index in [-0.39, 0.29) is 11.7 Å². The standard InChI is InChI=1S/C13H13FN2/c1-7(2)8-3-4-11(14)9-5-12(16)10(6-15)13(8)9/h3-4,7H,5,16H2,1-2H3. The lowest BCUT2D eigenvalue weighted by Crippen LogP contribution is -1.99. The Morgan fingerprint density at radius 1 is 1.44 bits per heavy atom. The Morgan fingerprint density at radius 2 is 2.12 bits per heavy atom. The number of nitrogens with two attached hydrogens (primary N) is 1. The minimum Gasteiger partial charge on any atom is -0.401 e. The first-order chi connectivity index (χ1) is 7.56. The summed E-state index contributed by atoms with van der Waals surface area (Å²) in [7, 11) is 0. The van der Waals surface area contributed by atoms with Crippen LogP contribution in [0, 0.1) is 17.1 Å². The van der Waals surface area contributed by atoms with E-state index in [0.717, 1.165) is 11.1 Å². The lowest BCUT2D eigenvalue weighted by Gasteiger charge is -2.12. The zero-order valence-corrected chi connectivity index (χ0v) is 9.34. The quantitative estimate of drug-likeness (QED) is 0.784. The summed E-state index contributed by atoms with van der Waals surface area (Å²) in [6.07, 6.45) is 0.352. The first-order valence-corrected chi connectivity index (χ1v) is 5.26. The summed E-state index contributed by atoms with van der Waals surface area (Å²) in [5.41, 5.74) is 8.97. The van der Waals surface area contributed by atoms with Crippen LogP contribution >= 0.6 is 0 Å². The Balaban J connectivity index is 2.74. The van der Waals surface area contributed by atoms with Gasteiger partial charge in [-0.25, -0.2) is 4.39 Å². The molecule has 0 heterocycles. The number of halogens is 1. The third-order valence-corrected chi connectivity index (χ3v) is 2.96. The minimum absolute atomic E-state index is 0.253. The number of allylic oxidation sites excluding steroid dienone is 2. The molecule has 0 atom stereocenters. The highest BCUT2D eigenvalue weighted by molar-refractivity contribution is 5.86. The molecule has 0 radical (unpaired) electrons. The normalized spacial score (nSPS) is 14.2. The number of hydrogen-bond donors (Lipinski definition) is 1. The van der Waals surface area contributed by atoms with E-state index in [1.165, 1.54) is 6.07 Å². The van der Waals surface area contributed by atoms with E-state index in [2.05, 4.69) is 6.07 Å². The molecule has 0 aliphatic heterocycles. The van der Waals surface area contributed by atoms with Gasteiger partial charge in [-0.15, -0.1) is 0 Å². The molecule has 3 heteroatoms. The van der Waals surface area contributed by atoms with E-state index in [4.69, 9.17) is 11.0 Å². The molecule has 1 aliphatic carbocycles. The van der Waals surface area contributed by atoms with Crippen molar-refractivity contribution in [1.29, 1.82) is 5.26 Å². The van der Waals surface area contributed by atoms with Gasteiger partial charge in [0.2, 0.25) is 0 Å². The SMILES string of the molecule is CC(C)c1ccc(F)c2c1C(C#N)=C(N)C2. The van der Waals surface area contributed by atoms with Gasteiger partial charge in [-0.05, 0) is 17.5 Å². The first-order valence-electron chi connectivity index (χ1n) is 5.26. The maximum Gasteiger partial charge on any atom is 0.127 e. The summed E-state index contributed by atoms with van der Waals surface area (Å²) in [5, 5.41) is 9.07. The molecule has 0 spiro atoms. The molecule has 1 aliphatic rings. The van der Waals surface area contributed by atoms with Gasteiger partial charge in [0.25, 0.3) is 0 Å². The van der Waals surface area contributed by atoms with Gasteiger partial charge in [0.15, 0.2) is 0 Å². The van der Waals surface area contributed by atoms with Gasteiger partial charge in [0.1, 0.15) is 11.9 Å². The van der Waals surface area contributed by atoms with E-state index in [1.54, 1.807) is 6.07 Å². The number of fused-ring (bicyclic) bond motifs is 1. The molecular formula is C13H13FN2. The highest BCUT2D eigenvalue weighted by Gasteiger charge is 2.26. The fourth-order valence-electron chi connectivity index (χ4n) is 2.16. The van der Waals surface area contributed by atoms with Crippen LogP contribution in [0.2, 0.25) is 0 Å². The van der Waals surface area contributed by atoms with E-state index in [9.17, 15) is 4.39 Å². The predicted molar refractivity (Wildman–Crippen MR) is 60.9 cm³/mol. The molecular weight excluding hydrogens is 203 g/mol. The van der Waals surface area contributed by atoms with Crippen LogP contribution < -0.4 is 5.73 Å². The topological polar surface area (TPSA) is 49.8 Å². The molecule has 0 fully saturated rings. The van der Waals surface area contributed by atoms with Crippen molar-refractivity contribution in [1.82, 2.24) is 0 Å². The zero-order chi connectivity index (χ0) is 11.9. The van der Waals surface area contributed by atoms with Gasteiger partial charge in [-0.1, -0.05) is 19.9 Å². The second-order valence-electron chi connectivity index (χ2n) is 4.33. The van der Waals surface area contributed by atoms with Crippen LogP contribution in [0.1, 0.15) is 36.5 Å². The molecule has 82 valence electrons. The second-order valence-corrected chi connectivity index (χ2v) is 4.33. The summed E-state index contributed by atoms with van der Waals surface area (Å²) in [6, 6.07) is 5.29. The number of rotatable bonds is 1. The summed E-state index contributed by atoms with van der Waals surface area (Å²) in [5.74, 6) is -0.0174. The van der Waals surface area contributed by atoms with Crippen LogP contribution in [0.25, 0.3) is 5.57 Å². The van der Waals surface area contributed by atoms with Crippen molar-refractivity contribution < 1.29 is 4.39 Å². The molecule has 0 saturated heterocycles. The van der Waals surface area contributed by atoms with E-state index in [1.807, 2.05) is 13.8 Å². The summed E-state index contributed by atoms with van der Waals surface area (Å²) in [6.45, 7) is 4.05. The van der Waals surface area contributed by atoms with Crippen molar-refractivity contribution in [3.05, 3.63) is 40.3 Å². The Morgan fingerprint density at radius 3 is 2.69 bits per heavy atom. The monoisotopic (exact) mass is 216 g/mol. The predicted octanol–water partition coefficient (Wildman–Crippen LogP) is 2.70. The Labute approximate surface area is 94.2 Å². The van der Waals surface area contributed by atoms with Crippen molar-refractivity contribution in [2.45, 2.75) is 26.2 Å². The highest BCUT2D eigenvalue weighted by Crippen LogP contribution is 2.37. The average Bonchev–Trinajstić information content (AvgIpc) is 2.55. The van der Waals surface area contributed by atoms with Crippen molar-refractivity contribution >= 4 is 5.57 Å². The van der Waals surface area contributed by atoms with Crippen LogP contribution in [0.3, 0.4) is 0 Å². The lowest BCUT2D eigenvalue weighted by atomic mass is 9.92. The molecule has 0 saturated carbocycles. The van der Waals surface area contributed by atoms with Crippen molar-refractivity contribution in [2.24, 2.45) is 5.73 Å². The van der Waals surface area contributed by atoms with Crippen LogP contribution in [0.5, 0.6) is 0 Å². The Kier molecular flexibility index (Phi) is 2.43. The number of nitrogens with zero attached hydrogens (tertiary/aromatic N) is 1. The van der Waals surface area contributed by atoms with Crippen molar-refractivity contribution in [3.63, 3.8) is 0 Å². The van der Waals surface area contributed by atoms with Gasteiger partial charge >= 0.3 is 0 Å². The fourth-order valence-corrected chi connectivity index (χ4v) is 2.16. The van der Waals surface area contributed by atoms with Crippen molar-refractivity contribution in [3.8, 4) is 6.07 Å². The molecule has 0 amide bonds. The van der Waals surface area contributed by atoms with Crippen molar-refractivity contribution in [2.75, 3.05) is 0 Å². The maximum absolute atomic E-state index is 13.6. The largest absolute Gasteiger partial charge is 0.401 e. The van der Waals surface area contributed by atoms with Gasteiger partial charge in [0, 0.05) is 23.2 Å². The van der Waals surface area contributed by atoms with Crippen LogP contribution in [0.15, 0.2) is 17.8 Å².